The molecule has 1 aromatic heterocycles. The number of hydrogen-bond donors (Lipinski definition) is 2. The molecule has 138 valence electrons. The van der Waals surface area contributed by atoms with E-state index in [1.807, 2.05) is 18.2 Å². The van der Waals surface area contributed by atoms with Crippen molar-refractivity contribution in [2.45, 2.75) is 62.4 Å². The van der Waals surface area contributed by atoms with E-state index >= 15 is 0 Å². The second-order valence-corrected chi connectivity index (χ2v) is 8.16. The highest BCUT2D eigenvalue weighted by atomic mass is 32.2. The molecule has 2 aromatic rings. The van der Waals surface area contributed by atoms with Crippen LogP contribution in [0, 0.1) is 6.92 Å². The second-order valence-electron chi connectivity index (χ2n) is 6.83. The summed E-state index contributed by atoms with van der Waals surface area (Å²) in [6.45, 7) is 3.88. The number of rotatable bonds is 6. The van der Waals surface area contributed by atoms with Gasteiger partial charge in [0, 0.05) is 22.5 Å². The van der Waals surface area contributed by atoms with Crippen LogP contribution in [0.1, 0.15) is 54.7 Å². The molecule has 0 saturated heterocycles. The van der Waals surface area contributed by atoms with Crippen molar-refractivity contribution in [2.24, 2.45) is 0 Å². The van der Waals surface area contributed by atoms with Crippen LogP contribution >= 0.6 is 11.8 Å². The van der Waals surface area contributed by atoms with Crippen molar-refractivity contribution >= 4 is 17.7 Å². The topological polar surface area (TPSA) is 74.8 Å². The predicted octanol–water partition coefficient (Wildman–Crippen LogP) is 3.53. The number of amides is 1. The molecule has 2 N–H and O–H groups in total. The van der Waals surface area contributed by atoms with Crippen molar-refractivity contribution in [1.82, 2.24) is 15.3 Å². The van der Waals surface area contributed by atoms with Crippen molar-refractivity contribution in [2.75, 3.05) is 0 Å². The zero-order valence-electron chi connectivity index (χ0n) is 15.2. The Morgan fingerprint density at radius 1 is 1.31 bits per heavy atom. The third-order valence-corrected chi connectivity index (χ3v) is 5.86. The summed E-state index contributed by atoms with van der Waals surface area (Å²) in [6.07, 6.45) is 4.48. The number of carbonyl (C=O) groups is 1. The highest BCUT2D eigenvalue weighted by Crippen LogP contribution is 2.32. The molecule has 6 heteroatoms. The van der Waals surface area contributed by atoms with E-state index in [1.165, 1.54) is 17.3 Å². The lowest BCUT2D eigenvalue weighted by Crippen LogP contribution is -2.35. The number of hydrogen-bond acceptors (Lipinski definition) is 4. The first kappa shape index (κ1) is 18.7. The number of thioether (sulfide) groups is 1. The zero-order chi connectivity index (χ0) is 18.5. The van der Waals surface area contributed by atoms with Gasteiger partial charge in [0.1, 0.15) is 0 Å². The third kappa shape index (κ3) is 4.75. The summed E-state index contributed by atoms with van der Waals surface area (Å²) in [6, 6.07) is 10.4. The largest absolute Gasteiger partial charge is 0.353 e. The van der Waals surface area contributed by atoms with Crippen LogP contribution in [-0.2, 0) is 11.2 Å². The van der Waals surface area contributed by atoms with Crippen LogP contribution in [-0.4, -0.2) is 21.9 Å². The molecule has 1 fully saturated rings. The molecule has 1 aliphatic rings. The Bertz CT molecular complexity index is 814. The first-order valence-corrected chi connectivity index (χ1v) is 10.0. The molecule has 1 saturated carbocycles. The van der Waals surface area contributed by atoms with Crippen molar-refractivity contribution in [3.63, 3.8) is 0 Å². The monoisotopic (exact) mass is 371 g/mol. The van der Waals surface area contributed by atoms with E-state index in [0.717, 1.165) is 25.7 Å². The van der Waals surface area contributed by atoms with E-state index in [9.17, 15) is 9.59 Å². The Morgan fingerprint density at radius 2 is 2.00 bits per heavy atom. The Hall–Kier alpha value is -2.08. The number of nitrogens with zero attached hydrogens (tertiary/aromatic N) is 1. The van der Waals surface area contributed by atoms with Gasteiger partial charge < -0.3 is 10.3 Å². The van der Waals surface area contributed by atoms with E-state index < -0.39 is 0 Å². The molecule has 1 atom stereocenters. The van der Waals surface area contributed by atoms with Gasteiger partial charge in [-0.2, -0.15) is 0 Å². The minimum absolute atomic E-state index is 0.0872. The van der Waals surface area contributed by atoms with Gasteiger partial charge in [-0.05, 0) is 32.3 Å². The van der Waals surface area contributed by atoms with E-state index in [0.29, 0.717) is 16.4 Å². The van der Waals surface area contributed by atoms with Gasteiger partial charge in [-0.1, -0.05) is 54.9 Å². The molecule has 0 bridgehead atoms. The number of aryl methyl sites for hydroxylation is 1. The average Bonchev–Trinajstić information content (AvgIpc) is 3.12. The minimum atomic E-state index is -0.221. The maximum atomic E-state index is 12.5. The number of carbonyl (C=O) groups excluding carboxylic acids is 1. The molecule has 0 radical (unpaired) electrons. The maximum absolute atomic E-state index is 12.5. The number of nitrogens with one attached hydrogen (secondary N) is 2. The summed E-state index contributed by atoms with van der Waals surface area (Å²) in [7, 11) is 0. The normalized spacial score (nSPS) is 15.8. The van der Waals surface area contributed by atoms with Gasteiger partial charge >= 0.3 is 0 Å². The number of aromatic nitrogens is 2. The Kier molecular flexibility index (Phi) is 6.14. The third-order valence-electron chi connectivity index (χ3n) is 4.82. The lowest BCUT2D eigenvalue weighted by Gasteiger charge is -2.14. The molecule has 1 aliphatic carbocycles. The summed E-state index contributed by atoms with van der Waals surface area (Å²) in [4.78, 5) is 32.0. The van der Waals surface area contributed by atoms with E-state index in [-0.39, 0.29) is 29.2 Å². The Labute approximate surface area is 158 Å². The molecule has 1 aromatic carbocycles. The van der Waals surface area contributed by atoms with E-state index in [4.69, 9.17) is 0 Å². The Morgan fingerprint density at radius 3 is 2.65 bits per heavy atom. The fraction of sp³-hybridized carbons (Fsp3) is 0.450. The van der Waals surface area contributed by atoms with Crippen LogP contribution in [0.15, 0.2) is 40.3 Å². The smallest absolute Gasteiger partial charge is 0.255 e. The van der Waals surface area contributed by atoms with Gasteiger partial charge in [-0.25, -0.2) is 4.98 Å². The van der Waals surface area contributed by atoms with Crippen molar-refractivity contribution in [1.29, 1.82) is 0 Å². The van der Waals surface area contributed by atoms with Crippen LogP contribution in [0.3, 0.4) is 0 Å². The zero-order valence-corrected chi connectivity index (χ0v) is 16.1. The van der Waals surface area contributed by atoms with E-state index in [1.54, 1.807) is 6.92 Å². The van der Waals surface area contributed by atoms with Gasteiger partial charge in [0.05, 0.1) is 6.42 Å². The molecule has 1 amide bonds. The van der Waals surface area contributed by atoms with Crippen molar-refractivity contribution < 1.29 is 4.79 Å². The van der Waals surface area contributed by atoms with Crippen LogP contribution < -0.4 is 10.9 Å². The highest BCUT2D eigenvalue weighted by Gasteiger charge is 2.19. The van der Waals surface area contributed by atoms with Gasteiger partial charge in [-0.15, -0.1) is 0 Å². The van der Waals surface area contributed by atoms with Crippen LogP contribution in [0.25, 0.3) is 0 Å². The lowest BCUT2D eigenvalue weighted by atomic mass is 10.1. The van der Waals surface area contributed by atoms with Gasteiger partial charge in [-0.3, -0.25) is 9.59 Å². The minimum Gasteiger partial charge on any atom is -0.353 e. The quantitative estimate of drug-likeness (QED) is 0.602. The molecular formula is C20H25N3O2S. The fourth-order valence-electron chi connectivity index (χ4n) is 3.32. The van der Waals surface area contributed by atoms with Crippen LogP contribution in [0.5, 0.6) is 0 Å². The molecule has 3 rings (SSSR count). The Balaban J connectivity index is 1.67. The molecule has 26 heavy (non-hydrogen) atoms. The number of aromatic amines is 1. The number of benzene rings is 1. The maximum Gasteiger partial charge on any atom is 0.255 e. The fourth-order valence-corrected chi connectivity index (χ4v) is 4.29. The summed E-state index contributed by atoms with van der Waals surface area (Å²) < 4.78 is 0. The first-order valence-electron chi connectivity index (χ1n) is 9.13. The first-order chi connectivity index (χ1) is 12.5. The standard InChI is InChI=1S/C20H25N3O2S/c1-13-17(12-18(24)22-16-10-6-7-11-16)19(25)23-20(21-13)26-14(2)15-8-4-3-5-9-15/h3-5,8-9,14,16H,6-7,10-12H2,1-2H3,(H,22,24)(H,21,23,25). The van der Waals surface area contributed by atoms with Crippen LogP contribution in [0.4, 0.5) is 0 Å². The second kappa shape index (κ2) is 8.54. The highest BCUT2D eigenvalue weighted by molar-refractivity contribution is 7.99. The summed E-state index contributed by atoms with van der Waals surface area (Å²) in [5.41, 5.74) is 2.04. The summed E-state index contributed by atoms with van der Waals surface area (Å²) >= 11 is 1.51. The molecular weight excluding hydrogens is 346 g/mol. The SMILES string of the molecule is Cc1nc(SC(C)c2ccccc2)[nH]c(=O)c1CC(=O)NC1CCCC1. The lowest BCUT2D eigenvalue weighted by molar-refractivity contribution is -0.121. The van der Waals surface area contributed by atoms with E-state index in [2.05, 4.69) is 34.3 Å². The molecule has 0 aliphatic heterocycles. The molecule has 5 nitrogen and oxygen atoms in total. The molecule has 0 spiro atoms. The van der Waals surface area contributed by atoms with Gasteiger partial charge in [0.15, 0.2) is 5.16 Å². The molecule has 1 heterocycles. The number of H-pyrrole nitrogens is 1. The van der Waals surface area contributed by atoms with Gasteiger partial charge in [0.25, 0.3) is 5.56 Å². The van der Waals surface area contributed by atoms with Crippen LogP contribution in [0.2, 0.25) is 0 Å². The predicted molar refractivity (Wildman–Crippen MR) is 104 cm³/mol. The summed E-state index contributed by atoms with van der Waals surface area (Å²) in [5.74, 6) is -0.0923. The molecule has 1 unspecified atom stereocenters. The average molecular weight is 372 g/mol. The van der Waals surface area contributed by atoms with Gasteiger partial charge in [0.2, 0.25) is 5.91 Å². The van der Waals surface area contributed by atoms with Crippen molar-refractivity contribution in [3.05, 3.63) is 57.5 Å². The summed E-state index contributed by atoms with van der Waals surface area (Å²) in [5, 5.41) is 3.79. The van der Waals surface area contributed by atoms with Crippen molar-refractivity contribution in [3.8, 4) is 0 Å².